The number of benzene rings is 2. The first-order chi connectivity index (χ1) is 15.2. The largest absolute Gasteiger partial charge is 0.310 e. The molecule has 1 heterocycles. The summed E-state index contributed by atoms with van der Waals surface area (Å²) in [6.07, 6.45) is 7.96. The van der Waals surface area contributed by atoms with Gasteiger partial charge in [0.05, 0.1) is 11.4 Å². The van der Waals surface area contributed by atoms with Crippen LogP contribution < -0.4 is 15.8 Å². The van der Waals surface area contributed by atoms with Crippen molar-refractivity contribution in [3.63, 3.8) is 0 Å². The summed E-state index contributed by atoms with van der Waals surface area (Å²) >= 11 is 0. The lowest BCUT2D eigenvalue weighted by atomic mass is 9.78. The molecule has 3 nitrogen and oxygen atoms in total. The average molecular weight is 416 g/mol. The van der Waals surface area contributed by atoms with E-state index in [4.69, 9.17) is 0 Å². The third-order valence-electron chi connectivity index (χ3n) is 6.96. The molecular weight excluding hydrogens is 385 g/mol. The molecule has 0 spiro atoms. The van der Waals surface area contributed by atoms with Gasteiger partial charge in [-0.2, -0.15) is 0 Å². The van der Waals surface area contributed by atoms with E-state index in [1.54, 1.807) is 5.57 Å². The predicted molar refractivity (Wildman–Crippen MR) is 125 cm³/mol. The number of halogens is 1. The van der Waals surface area contributed by atoms with Crippen molar-refractivity contribution in [2.24, 2.45) is 11.8 Å². The zero-order chi connectivity index (χ0) is 21.4. The lowest BCUT2D eigenvalue weighted by Gasteiger charge is -2.31. The van der Waals surface area contributed by atoms with Gasteiger partial charge in [0.2, 0.25) is 0 Å². The highest BCUT2D eigenvalue weighted by Gasteiger charge is 2.38. The van der Waals surface area contributed by atoms with Gasteiger partial charge in [-0.15, -0.1) is 0 Å². The highest BCUT2D eigenvalue weighted by atomic mass is 19.1. The molecule has 2 aliphatic carbocycles. The fourth-order valence-electron chi connectivity index (χ4n) is 5.51. The smallest absolute Gasteiger partial charge is 0.123 e. The number of hydrazine groups is 1. The molecule has 1 unspecified atom stereocenters. The number of fused-ring (bicyclic) bond motifs is 1. The van der Waals surface area contributed by atoms with E-state index in [0.717, 1.165) is 25.1 Å². The molecule has 5 rings (SSSR count). The summed E-state index contributed by atoms with van der Waals surface area (Å²) in [6, 6.07) is 17.9. The molecule has 3 aliphatic rings. The first kappa shape index (κ1) is 20.1. The van der Waals surface area contributed by atoms with Crippen LogP contribution >= 0.6 is 0 Å². The maximum Gasteiger partial charge on any atom is 0.123 e. The minimum Gasteiger partial charge on any atom is -0.310 e. The molecule has 0 fully saturated rings. The number of hydrogen-bond donors (Lipinski definition) is 2. The summed E-state index contributed by atoms with van der Waals surface area (Å²) in [4.78, 5) is 0. The fraction of sp³-hybridized carbons (Fsp3) is 0.333. The monoisotopic (exact) mass is 415 g/mol. The second-order valence-electron chi connectivity index (χ2n) is 8.76. The second kappa shape index (κ2) is 8.35. The van der Waals surface area contributed by atoms with Crippen LogP contribution in [0.2, 0.25) is 0 Å². The molecule has 0 saturated heterocycles. The van der Waals surface area contributed by atoms with E-state index < -0.39 is 0 Å². The minimum absolute atomic E-state index is 0.209. The quantitative estimate of drug-likeness (QED) is 0.604. The van der Waals surface area contributed by atoms with Gasteiger partial charge < -0.3 is 10.7 Å². The molecule has 2 N–H and O–H groups in total. The van der Waals surface area contributed by atoms with E-state index in [2.05, 4.69) is 72.2 Å². The van der Waals surface area contributed by atoms with Gasteiger partial charge in [-0.1, -0.05) is 49.8 Å². The fourth-order valence-corrected chi connectivity index (χ4v) is 5.51. The Bertz CT molecular complexity index is 1040. The SMILES string of the molecule is CCNC(C[C@H]1CCC2=C1[C@@H](C)C1=CNN(c3ccc(F)cc3)C1=C2)c1ccccc1. The van der Waals surface area contributed by atoms with Crippen LogP contribution in [-0.4, -0.2) is 6.54 Å². The topological polar surface area (TPSA) is 27.3 Å². The molecule has 3 atom stereocenters. The summed E-state index contributed by atoms with van der Waals surface area (Å²) < 4.78 is 13.4. The number of allylic oxidation sites excluding steroid dienone is 4. The Hall–Kier alpha value is -2.85. The van der Waals surface area contributed by atoms with Crippen LogP contribution in [-0.2, 0) is 0 Å². The number of nitrogens with zero attached hydrogens (tertiary/aromatic N) is 1. The van der Waals surface area contributed by atoms with Crippen molar-refractivity contribution < 1.29 is 4.39 Å². The molecule has 0 saturated carbocycles. The van der Waals surface area contributed by atoms with Crippen molar-refractivity contribution in [2.75, 3.05) is 11.6 Å². The number of anilines is 1. The van der Waals surface area contributed by atoms with Gasteiger partial charge in [0, 0.05) is 23.7 Å². The summed E-state index contributed by atoms with van der Waals surface area (Å²) in [5.74, 6) is 0.769. The van der Waals surface area contributed by atoms with Gasteiger partial charge in [0.1, 0.15) is 5.82 Å². The molecular formula is C27H30FN3. The Morgan fingerprint density at radius 1 is 1.13 bits per heavy atom. The van der Waals surface area contributed by atoms with E-state index in [-0.39, 0.29) is 5.82 Å². The highest BCUT2D eigenvalue weighted by Crippen LogP contribution is 2.49. The maximum atomic E-state index is 13.4. The Labute approximate surface area is 184 Å². The third kappa shape index (κ3) is 3.70. The van der Waals surface area contributed by atoms with Gasteiger partial charge in [0.25, 0.3) is 0 Å². The molecule has 2 aromatic carbocycles. The van der Waals surface area contributed by atoms with Crippen molar-refractivity contribution in [1.29, 1.82) is 0 Å². The second-order valence-corrected chi connectivity index (χ2v) is 8.76. The molecule has 2 aromatic rings. The molecule has 0 amide bonds. The van der Waals surface area contributed by atoms with Crippen molar-refractivity contribution in [2.45, 2.75) is 39.2 Å². The molecule has 4 heteroatoms. The lowest BCUT2D eigenvalue weighted by Crippen LogP contribution is -2.30. The standard InChI is InChI=1S/C27H30FN3/c1-3-29-25(19-7-5-4-6-8-19)15-20-9-10-21-16-26-24(18(2)27(20)21)17-30-31(26)23-13-11-22(28)12-14-23/h4-8,11-14,16-18,20,25,29-30H,3,9-10,15H2,1-2H3/t18-,20+,25?/m0/s1. The Kier molecular flexibility index (Phi) is 5.41. The van der Waals surface area contributed by atoms with Gasteiger partial charge in [0.15, 0.2) is 0 Å². The van der Waals surface area contributed by atoms with E-state index >= 15 is 0 Å². The van der Waals surface area contributed by atoms with Crippen molar-refractivity contribution >= 4 is 5.69 Å². The van der Waals surface area contributed by atoms with Crippen LogP contribution in [0.25, 0.3) is 0 Å². The van der Waals surface area contributed by atoms with Crippen LogP contribution in [0.1, 0.15) is 44.7 Å². The first-order valence-corrected chi connectivity index (χ1v) is 11.4. The Morgan fingerprint density at radius 3 is 2.65 bits per heavy atom. The van der Waals surface area contributed by atoms with Gasteiger partial charge in [-0.05, 0) is 73.2 Å². The summed E-state index contributed by atoms with van der Waals surface area (Å²) in [5.41, 5.74) is 11.4. The minimum atomic E-state index is -0.209. The summed E-state index contributed by atoms with van der Waals surface area (Å²) in [5, 5.41) is 5.79. The molecule has 0 radical (unpaired) electrons. The zero-order valence-corrected chi connectivity index (χ0v) is 18.2. The summed E-state index contributed by atoms with van der Waals surface area (Å²) in [7, 11) is 0. The highest BCUT2D eigenvalue weighted by molar-refractivity contribution is 5.64. The van der Waals surface area contributed by atoms with Crippen LogP contribution in [0, 0.1) is 17.7 Å². The zero-order valence-electron chi connectivity index (χ0n) is 18.2. The Morgan fingerprint density at radius 2 is 1.90 bits per heavy atom. The van der Waals surface area contributed by atoms with Crippen molar-refractivity contribution in [1.82, 2.24) is 10.7 Å². The third-order valence-corrected chi connectivity index (χ3v) is 6.96. The normalized spacial score (nSPS) is 23.1. The number of hydrogen-bond acceptors (Lipinski definition) is 3. The maximum absolute atomic E-state index is 13.4. The number of rotatable bonds is 6. The van der Waals surface area contributed by atoms with Crippen molar-refractivity contribution in [3.05, 3.63) is 101 Å². The van der Waals surface area contributed by atoms with E-state index in [9.17, 15) is 4.39 Å². The van der Waals surface area contributed by atoms with Gasteiger partial charge in [-0.3, -0.25) is 5.01 Å². The molecule has 0 aromatic heterocycles. The number of nitrogens with one attached hydrogen (secondary N) is 2. The average Bonchev–Trinajstić information content (AvgIpc) is 3.40. The lowest BCUT2D eigenvalue weighted by molar-refractivity contribution is 0.415. The van der Waals surface area contributed by atoms with E-state index in [0.29, 0.717) is 17.9 Å². The molecule has 0 bridgehead atoms. The van der Waals surface area contributed by atoms with Crippen LogP contribution in [0.3, 0.4) is 0 Å². The van der Waals surface area contributed by atoms with Gasteiger partial charge in [-0.25, -0.2) is 4.39 Å². The summed E-state index contributed by atoms with van der Waals surface area (Å²) in [6.45, 7) is 5.50. The van der Waals surface area contributed by atoms with Gasteiger partial charge >= 0.3 is 0 Å². The predicted octanol–water partition coefficient (Wildman–Crippen LogP) is 6.02. The Balaban J connectivity index is 1.42. The molecule has 1 aliphatic heterocycles. The van der Waals surface area contributed by atoms with Crippen molar-refractivity contribution in [3.8, 4) is 0 Å². The molecule has 160 valence electrons. The van der Waals surface area contributed by atoms with E-state index in [1.165, 1.54) is 41.0 Å². The first-order valence-electron chi connectivity index (χ1n) is 11.4. The van der Waals surface area contributed by atoms with Crippen LogP contribution in [0.15, 0.2) is 89.3 Å². The van der Waals surface area contributed by atoms with Crippen LogP contribution in [0.4, 0.5) is 10.1 Å². The van der Waals surface area contributed by atoms with E-state index in [1.807, 2.05) is 12.1 Å². The van der Waals surface area contributed by atoms with Crippen LogP contribution in [0.5, 0.6) is 0 Å². The molecule has 31 heavy (non-hydrogen) atoms.